The van der Waals surface area contributed by atoms with Crippen molar-refractivity contribution in [3.63, 3.8) is 0 Å². The van der Waals surface area contributed by atoms with Crippen molar-refractivity contribution in [1.82, 2.24) is 9.66 Å². The Kier molecular flexibility index (Phi) is 10.0. The number of aromatic nitrogens is 2. The van der Waals surface area contributed by atoms with Crippen LogP contribution < -0.4 is 15.0 Å². The largest absolute Gasteiger partial charge is 0.490 e. The number of benzene rings is 2. The minimum absolute atomic E-state index is 0.239. The molecule has 1 atom stereocenters. The van der Waals surface area contributed by atoms with Crippen LogP contribution in [0.5, 0.6) is 11.5 Å². The third-order valence-electron chi connectivity index (χ3n) is 5.60. The minimum Gasteiger partial charge on any atom is -0.490 e. The Balaban J connectivity index is 2.11. The van der Waals surface area contributed by atoms with Gasteiger partial charge in [0.2, 0.25) is 0 Å². The summed E-state index contributed by atoms with van der Waals surface area (Å²) in [4.78, 5) is 30.1. The lowest BCUT2D eigenvalue weighted by atomic mass is 10.1. The Morgan fingerprint density at radius 3 is 2.73 bits per heavy atom. The second-order valence-electron chi connectivity index (χ2n) is 8.37. The van der Waals surface area contributed by atoms with E-state index in [9.17, 15) is 9.59 Å². The molecule has 0 spiro atoms. The Labute approximate surface area is 225 Å². The number of rotatable bonds is 12. The number of carbonyl (C=O) groups excluding carboxylic acids is 1. The summed E-state index contributed by atoms with van der Waals surface area (Å²) in [7, 11) is 1.31. The molecule has 0 radical (unpaired) electrons. The lowest BCUT2D eigenvalue weighted by Crippen LogP contribution is -2.25. The topological polar surface area (TPSA) is 92.0 Å². The van der Waals surface area contributed by atoms with Gasteiger partial charge in [-0.3, -0.25) is 4.79 Å². The molecule has 0 aliphatic rings. The van der Waals surface area contributed by atoms with Gasteiger partial charge in [0.05, 0.1) is 30.8 Å². The molecule has 1 aromatic heterocycles. The summed E-state index contributed by atoms with van der Waals surface area (Å²) in [6, 6.07) is 9.08. The normalized spacial score (nSPS) is 12.0. The number of allylic oxidation sites excluding steroid dienone is 1. The molecular formula is C28H32BrN3O5. The molecule has 0 N–H and O–H groups in total. The van der Waals surface area contributed by atoms with Crippen molar-refractivity contribution in [2.45, 2.75) is 52.6 Å². The molecule has 37 heavy (non-hydrogen) atoms. The van der Waals surface area contributed by atoms with Crippen molar-refractivity contribution < 1.29 is 19.0 Å². The quantitative estimate of drug-likeness (QED) is 0.163. The summed E-state index contributed by atoms with van der Waals surface area (Å²) in [6.07, 6.45) is 5.45. The highest BCUT2D eigenvalue weighted by atomic mass is 79.9. The van der Waals surface area contributed by atoms with Crippen molar-refractivity contribution >= 4 is 39.0 Å². The van der Waals surface area contributed by atoms with E-state index in [2.05, 4.69) is 34.5 Å². The predicted molar refractivity (Wildman–Crippen MR) is 149 cm³/mol. The number of nitrogens with zero attached hydrogens (tertiary/aromatic N) is 3. The molecule has 3 aromatic rings. The van der Waals surface area contributed by atoms with Gasteiger partial charge in [0.25, 0.3) is 5.56 Å². The van der Waals surface area contributed by atoms with E-state index in [4.69, 9.17) is 19.2 Å². The lowest BCUT2D eigenvalue weighted by molar-refractivity contribution is -0.147. The number of esters is 1. The Bertz CT molecular complexity index is 1370. The molecule has 0 bridgehead atoms. The first-order valence-electron chi connectivity index (χ1n) is 12.2. The highest BCUT2D eigenvalue weighted by Gasteiger charge is 2.21. The third kappa shape index (κ3) is 6.85. The minimum atomic E-state index is -0.824. The molecule has 0 saturated heterocycles. The SMILES string of the molecule is C=CCc1cc(C=Nn2c(CCCC)nc3ccc(Br)cc3c2=O)cc(OCC)c1O[C@@H](C)C(=O)OC. The van der Waals surface area contributed by atoms with Crippen LogP contribution in [0.25, 0.3) is 10.9 Å². The maximum Gasteiger partial charge on any atom is 0.346 e. The Morgan fingerprint density at radius 2 is 2.05 bits per heavy atom. The number of unbranched alkanes of at least 4 members (excludes halogenated alkanes) is 1. The van der Waals surface area contributed by atoms with Crippen LogP contribution >= 0.6 is 15.9 Å². The van der Waals surface area contributed by atoms with Gasteiger partial charge in [0.15, 0.2) is 17.6 Å². The molecule has 0 aliphatic heterocycles. The molecule has 3 rings (SSSR count). The first-order chi connectivity index (χ1) is 17.8. The number of aryl methyl sites for hydroxylation is 1. The van der Waals surface area contributed by atoms with Gasteiger partial charge in [-0.2, -0.15) is 9.78 Å². The van der Waals surface area contributed by atoms with Crippen LogP contribution in [-0.2, 0) is 22.4 Å². The highest BCUT2D eigenvalue weighted by Crippen LogP contribution is 2.34. The van der Waals surface area contributed by atoms with Gasteiger partial charge in [0, 0.05) is 16.5 Å². The van der Waals surface area contributed by atoms with Gasteiger partial charge in [-0.1, -0.05) is 35.4 Å². The van der Waals surface area contributed by atoms with Crippen LogP contribution in [0, 0.1) is 0 Å². The molecule has 0 fully saturated rings. The lowest BCUT2D eigenvalue weighted by Gasteiger charge is -2.19. The summed E-state index contributed by atoms with van der Waals surface area (Å²) >= 11 is 3.43. The molecule has 0 aliphatic carbocycles. The van der Waals surface area contributed by atoms with Crippen LogP contribution in [-0.4, -0.2) is 41.7 Å². The molecule has 8 nitrogen and oxygen atoms in total. The highest BCUT2D eigenvalue weighted by molar-refractivity contribution is 9.10. The average Bonchev–Trinajstić information content (AvgIpc) is 2.88. The van der Waals surface area contributed by atoms with Gasteiger partial charge in [0.1, 0.15) is 5.82 Å². The Morgan fingerprint density at radius 1 is 1.27 bits per heavy atom. The second-order valence-corrected chi connectivity index (χ2v) is 9.29. The van der Waals surface area contributed by atoms with Crippen LogP contribution in [0.3, 0.4) is 0 Å². The van der Waals surface area contributed by atoms with Gasteiger partial charge < -0.3 is 14.2 Å². The van der Waals surface area contributed by atoms with E-state index in [0.29, 0.717) is 53.2 Å². The van der Waals surface area contributed by atoms with E-state index in [1.54, 1.807) is 31.3 Å². The van der Waals surface area contributed by atoms with E-state index in [1.165, 1.54) is 11.8 Å². The monoisotopic (exact) mass is 569 g/mol. The standard InChI is InChI=1S/C28H32BrN3O5/c1-6-9-11-25-31-23-13-12-21(29)16-22(23)27(33)32(25)30-17-19-14-20(10-7-2)26(24(15-19)36-8-3)37-18(4)28(34)35-5/h7,12-18H,2,6,8-11H2,1,3-5H3/t18-/m0/s1. The van der Waals surface area contributed by atoms with Crippen molar-refractivity contribution in [3.05, 3.63) is 74.8 Å². The molecular weight excluding hydrogens is 538 g/mol. The summed E-state index contributed by atoms with van der Waals surface area (Å²) < 4.78 is 18.7. The third-order valence-corrected chi connectivity index (χ3v) is 6.09. The zero-order valence-corrected chi connectivity index (χ0v) is 23.2. The maximum absolute atomic E-state index is 13.4. The fourth-order valence-corrected chi connectivity index (χ4v) is 4.15. The predicted octanol–water partition coefficient (Wildman–Crippen LogP) is 5.45. The van der Waals surface area contributed by atoms with E-state index in [0.717, 1.165) is 22.9 Å². The number of fused-ring (bicyclic) bond motifs is 1. The van der Waals surface area contributed by atoms with Gasteiger partial charge in [-0.25, -0.2) is 9.78 Å². The summed E-state index contributed by atoms with van der Waals surface area (Å²) in [5.74, 6) is 1.00. The zero-order chi connectivity index (χ0) is 26.9. The van der Waals surface area contributed by atoms with Crippen LogP contribution in [0.4, 0.5) is 0 Å². The smallest absolute Gasteiger partial charge is 0.346 e. The fraction of sp³-hybridized carbons (Fsp3) is 0.357. The molecule has 9 heteroatoms. The van der Waals surface area contributed by atoms with Gasteiger partial charge in [-0.05, 0) is 62.6 Å². The number of halogens is 1. The molecule has 1 heterocycles. The fourth-order valence-electron chi connectivity index (χ4n) is 3.79. The number of ether oxygens (including phenoxy) is 3. The first-order valence-corrected chi connectivity index (χ1v) is 13.0. The van der Waals surface area contributed by atoms with Crippen molar-refractivity contribution in [2.24, 2.45) is 5.10 Å². The van der Waals surface area contributed by atoms with Crippen LogP contribution in [0.2, 0.25) is 0 Å². The van der Waals surface area contributed by atoms with Gasteiger partial charge >= 0.3 is 5.97 Å². The summed E-state index contributed by atoms with van der Waals surface area (Å²) in [5, 5.41) is 5.03. The summed E-state index contributed by atoms with van der Waals surface area (Å²) in [5.41, 5.74) is 1.86. The second kappa shape index (κ2) is 13.2. The molecule has 0 unspecified atom stereocenters. The summed E-state index contributed by atoms with van der Waals surface area (Å²) in [6.45, 7) is 9.79. The number of methoxy groups -OCH3 is 1. The van der Waals surface area contributed by atoms with E-state index >= 15 is 0 Å². The zero-order valence-electron chi connectivity index (χ0n) is 21.6. The van der Waals surface area contributed by atoms with E-state index in [-0.39, 0.29) is 5.56 Å². The molecule has 0 amide bonds. The number of hydrogen-bond acceptors (Lipinski definition) is 7. The van der Waals surface area contributed by atoms with Crippen molar-refractivity contribution in [3.8, 4) is 11.5 Å². The first kappa shape index (κ1) is 28.1. The number of carbonyl (C=O) groups is 1. The molecule has 196 valence electrons. The van der Waals surface area contributed by atoms with Crippen molar-refractivity contribution in [1.29, 1.82) is 0 Å². The van der Waals surface area contributed by atoms with E-state index < -0.39 is 12.1 Å². The van der Waals surface area contributed by atoms with Crippen molar-refractivity contribution in [2.75, 3.05) is 13.7 Å². The maximum atomic E-state index is 13.4. The molecule has 2 aromatic carbocycles. The van der Waals surface area contributed by atoms with Crippen LogP contribution in [0.15, 0.2) is 57.4 Å². The number of hydrogen-bond donors (Lipinski definition) is 0. The molecule has 0 saturated carbocycles. The average molecular weight is 570 g/mol. The van der Waals surface area contributed by atoms with Crippen LogP contribution in [0.1, 0.15) is 50.6 Å². The Hall–Kier alpha value is -3.46. The van der Waals surface area contributed by atoms with Gasteiger partial charge in [-0.15, -0.1) is 6.58 Å². The van der Waals surface area contributed by atoms with E-state index in [1.807, 2.05) is 25.1 Å².